The van der Waals surface area contributed by atoms with Crippen LogP contribution in [0.15, 0.2) is 54.6 Å². The molecule has 1 aromatic heterocycles. The summed E-state index contributed by atoms with van der Waals surface area (Å²) in [6, 6.07) is 13.6. The molecule has 0 aliphatic carbocycles. The molecule has 0 aliphatic heterocycles. The fourth-order valence-corrected chi connectivity index (χ4v) is 3.03. The monoisotopic (exact) mass is 314 g/mol. The molecule has 22 heavy (non-hydrogen) atoms. The van der Waals surface area contributed by atoms with Crippen LogP contribution in [0.2, 0.25) is 0 Å². The van der Waals surface area contributed by atoms with Crippen LogP contribution < -0.4 is 0 Å². The summed E-state index contributed by atoms with van der Waals surface area (Å²) in [5.41, 5.74) is 1.04. The van der Waals surface area contributed by atoms with Crippen LogP contribution >= 0.6 is 11.3 Å². The molecule has 0 fully saturated rings. The predicted molar refractivity (Wildman–Crippen MR) is 82.9 cm³/mol. The molecule has 1 heterocycles. The van der Waals surface area contributed by atoms with Gasteiger partial charge in [-0.3, -0.25) is 4.79 Å². The molecule has 0 radical (unpaired) electrons. The van der Waals surface area contributed by atoms with Gasteiger partial charge in [0, 0.05) is 10.4 Å². The molecule has 3 aromatic rings. The summed E-state index contributed by atoms with van der Waals surface area (Å²) >= 11 is 1.24. The molecule has 0 spiro atoms. The van der Waals surface area contributed by atoms with Crippen molar-refractivity contribution in [1.29, 1.82) is 0 Å². The quantitative estimate of drug-likeness (QED) is 0.712. The Bertz CT molecular complexity index is 855. The lowest BCUT2D eigenvalue weighted by atomic mass is 10.1. The molecular weight excluding hydrogens is 303 g/mol. The van der Waals surface area contributed by atoms with E-state index >= 15 is 0 Å². The molecule has 110 valence electrons. The molecular formula is C17H11FO3S. The van der Waals surface area contributed by atoms with Crippen molar-refractivity contribution in [1.82, 2.24) is 0 Å². The lowest BCUT2D eigenvalue weighted by molar-refractivity contribution is 0.104. The summed E-state index contributed by atoms with van der Waals surface area (Å²) in [6.07, 6.45) is 0. The van der Waals surface area contributed by atoms with Crippen LogP contribution in [-0.2, 0) is 0 Å². The van der Waals surface area contributed by atoms with Crippen LogP contribution in [0.25, 0.3) is 10.4 Å². The first-order valence-corrected chi connectivity index (χ1v) is 7.29. The summed E-state index contributed by atoms with van der Waals surface area (Å²) < 4.78 is 13.1. The van der Waals surface area contributed by atoms with Crippen molar-refractivity contribution >= 4 is 17.1 Å². The number of halogens is 1. The van der Waals surface area contributed by atoms with Gasteiger partial charge in [0.15, 0.2) is 11.6 Å². The first kappa shape index (κ1) is 14.3. The summed E-state index contributed by atoms with van der Waals surface area (Å²) in [5, 5.41) is 18.9. The number of hydrogen-bond acceptors (Lipinski definition) is 4. The van der Waals surface area contributed by atoms with Gasteiger partial charge in [-0.15, -0.1) is 11.3 Å². The number of thiophene rings is 1. The Hall–Kier alpha value is -2.66. The molecule has 0 saturated heterocycles. The van der Waals surface area contributed by atoms with Crippen molar-refractivity contribution < 1.29 is 19.4 Å². The maximum atomic E-state index is 13.1. The minimum atomic E-state index is -0.684. The fourth-order valence-electron chi connectivity index (χ4n) is 2.07. The van der Waals surface area contributed by atoms with E-state index in [9.17, 15) is 19.4 Å². The minimum Gasteiger partial charge on any atom is -0.508 e. The lowest BCUT2D eigenvalue weighted by Gasteiger charge is -2.00. The van der Waals surface area contributed by atoms with E-state index in [1.165, 1.54) is 35.6 Å². The predicted octanol–water partition coefficient (Wildman–Crippen LogP) is 4.20. The molecule has 5 heteroatoms. The standard InChI is InChI=1S/C17H11FO3S/c18-13-5-4-10(9-14(13)20)15-6-7-16(22-15)17(21)11-2-1-3-12(19)8-11/h1-9,19-20H. The molecule has 2 N–H and O–H groups in total. The van der Waals surface area contributed by atoms with E-state index in [1.807, 2.05) is 0 Å². The van der Waals surface area contributed by atoms with Gasteiger partial charge in [-0.2, -0.15) is 0 Å². The van der Waals surface area contributed by atoms with Crippen molar-refractivity contribution in [2.24, 2.45) is 0 Å². The third kappa shape index (κ3) is 2.71. The van der Waals surface area contributed by atoms with E-state index < -0.39 is 11.6 Å². The third-order valence-corrected chi connectivity index (χ3v) is 4.30. The molecule has 0 unspecified atom stereocenters. The van der Waals surface area contributed by atoms with Gasteiger partial charge in [-0.25, -0.2) is 4.39 Å². The van der Waals surface area contributed by atoms with Gasteiger partial charge >= 0.3 is 0 Å². The number of aromatic hydroxyl groups is 2. The van der Waals surface area contributed by atoms with Gasteiger partial charge in [0.05, 0.1) is 4.88 Å². The van der Waals surface area contributed by atoms with Crippen LogP contribution in [0, 0.1) is 5.82 Å². The lowest BCUT2D eigenvalue weighted by Crippen LogP contribution is -1.97. The van der Waals surface area contributed by atoms with Crippen LogP contribution in [0.1, 0.15) is 15.2 Å². The Kier molecular flexibility index (Phi) is 3.65. The summed E-state index contributed by atoms with van der Waals surface area (Å²) in [6.45, 7) is 0. The van der Waals surface area contributed by atoms with Crippen molar-refractivity contribution in [3.05, 3.63) is 70.9 Å². The number of ketones is 1. The highest BCUT2D eigenvalue weighted by Crippen LogP contribution is 2.32. The zero-order valence-corrected chi connectivity index (χ0v) is 12.1. The van der Waals surface area contributed by atoms with Crippen LogP contribution in [0.4, 0.5) is 4.39 Å². The van der Waals surface area contributed by atoms with Crippen molar-refractivity contribution in [2.45, 2.75) is 0 Å². The molecule has 0 bridgehead atoms. The highest BCUT2D eigenvalue weighted by atomic mass is 32.1. The van der Waals surface area contributed by atoms with Gasteiger partial charge in [0.1, 0.15) is 5.75 Å². The van der Waals surface area contributed by atoms with Crippen molar-refractivity contribution in [2.75, 3.05) is 0 Å². The number of hydrogen-bond donors (Lipinski definition) is 2. The SMILES string of the molecule is O=C(c1cccc(O)c1)c1ccc(-c2ccc(F)c(O)c2)s1. The number of carbonyl (C=O) groups is 1. The highest BCUT2D eigenvalue weighted by Gasteiger charge is 2.14. The Morgan fingerprint density at radius 3 is 2.55 bits per heavy atom. The average Bonchev–Trinajstić information content (AvgIpc) is 2.99. The van der Waals surface area contributed by atoms with E-state index in [2.05, 4.69) is 0 Å². The number of benzene rings is 2. The van der Waals surface area contributed by atoms with Gasteiger partial charge in [0.2, 0.25) is 5.78 Å². The molecule has 0 saturated carbocycles. The van der Waals surface area contributed by atoms with E-state index in [-0.39, 0.29) is 11.5 Å². The largest absolute Gasteiger partial charge is 0.508 e. The summed E-state index contributed by atoms with van der Waals surface area (Å²) in [4.78, 5) is 13.6. The van der Waals surface area contributed by atoms with Crippen LogP contribution in [0.3, 0.4) is 0 Å². The second-order valence-corrected chi connectivity index (χ2v) is 5.79. The zero-order chi connectivity index (χ0) is 15.7. The number of carbonyl (C=O) groups excluding carboxylic acids is 1. The smallest absolute Gasteiger partial charge is 0.203 e. The van der Waals surface area contributed by atoms with Crippen molar-refractivity contribution in [3.63, 3.8) is 0 Å². The normalized spacial score (nSPS) is 10.6. The maximum absolute atomic E-state index is 13.1. The van der Waals surface area contributed by atoms with E-state index in [0.29, 0.717) is 16.0 Å². The Morgan fingerprint density at radius 2 is 1.82 bits per heavy atom. The molecule has 3 nitrogen and oxygen atoms in total. The van der Waals surface area contributed by atoms with Crippen molar-refractivity contribution in [3.8, 4) is 21.9 Å². The number of phenols is 2. The Labute approximate surface area is 129 Å². The molecule has 0 amide bonds. The van der Waals surface area contributed by atoms with Crippen LogP contribution in [-0.4, -0.2) is 16.0 Å². The average molecular weight is 314 g/mol. The first-order valence-electron chi connectivity index (χ1n) is 6.47. The van der Waals surface area contributed by atoms with Gasteiger partial charge in [-0.1, -0.05) is 18.2 Å². The summed E-state index contributed by atoms with van der Waals surface area (Å²) in [5.74, 6) is -1.27. The second kappa shape index (κ2) is 5.61. The van der Waals surface area contributed by atoms with Gasteiger partial charge < -0.3 is 10.2 Å². The maximum Gasteiger partial charge on any atom is 0.203 e. The highest BCUT2D eigenvalue weighted by molar-refractivity contribution is 7.17. The third-order valence-electron chi connectivity index (χ3n) is 3.17. The van der Waals surface area contributed by atoms with E-state index in [4.69, 9.17) is 0 Å². The minimum absolute atomic E-state index is 0.0334. The summed E-state index contributed by atoms with van der Waals surface area (Å²) in [7, 11) is 0. The zero-order valence-electron chi connectivity index (χ0n) is 11.3. The Balaban J connectivity index is 1.93. The number of rotatable bonds is 3. The molecule has 0 aliphatic rings. The molecule has 3 rings (SSSR count). The van der Waals surface area contributed by atoms with Gasteiger partial charge in [-0.05, 0) is 42.0 Å². The first-order chi connectivity index (χ1) is 10.5. The molecule has 0 atom stereocenters. The molecule has 2 aromatic carbocycles. The van der Waals surface area contributed by atoms with Gasteiger partial charge in [0.25, 0.3) is 0 Å². The van der Waals surface area contributed by atoms with Crippen LogP contribution in [0.5, 0.6) is 11.5 Å². The Morgan fingerprint density at radius 1 is 1.00 bits per heavy atom. The fraction of sp³-hybridized carbons (Fsp3) is 0. The van der Waals surface area contributed by atoms with E-state index in [0.717, 1.165) is 4.88 Å². The van der Waals surface area contributed by atoms with E-state index in [1.54, 1.807) is 30.3 Å². The number of phenolic OH excluding ortho intramolecular Hbond substituents is 2. The topological polar surface area (TPSA) is 57.5 Å². The second-order valence-electron chi connectivity index (χ2n) is 4.71.